The fourth-order valence-electron chi connectivity index (χ4n) is 2.59. The van der Waals surface area contributed by atoms with Gasteiger partial charge in [0.1, 0.15) is 5.52 Å². The van der Waals surface area contributed by atoms with Crippen molar-refractivity contribution in [2.24, 2.45) is 0 Å². The lowest BCUT2D eigenvalue weighted by Gasteiger charge is -2.29. The van der Waals surface area contributed by atoms with Crippen molar-refractivity contribution in [2.75, 3.05) is 13.1 Å². The number of aromatic nitrogens is 2. The van der Waals surface area contributed by atoms with Crippen LogP contribution in [0.4, 0.5) is 0 Å². The molecule has 1 saturated heterocycles. The molecule has 1 fully saturated rings. The Hall–Kier alpha value is -1.23. The SMILES string of the molecule is OC1CCCN(Cc2cnc3c(Cl)nccc3c2)C1. The van der Waals surface area contributed by atoms with Gasteiger partial charge in [0.05, 0.1) is 6.10 Å². The molecule has 0 aliphatic carbocycles. The Morgan fingerprint density at radius 3 is 3.16 bits per heavy atom. The van der Waals surface area contributed by atoms with E-state index in [0.29, 0.717) is 5.15 Å². The number of aliphatic hydroxyl groups excluding tert-OH is 1. The summed E-state index contributed by atoms with van der Waals surface area (Å²) in [6.45, 7) is 2.60. The van der Waals surface area contributed by atoms with Gasteiger partial charge in [-0.25, -0.2) is 4.98 Å². The van der Waals surface area contributed by atoms with E-state index in [1.807, 2.05) is 12.3 Å². The number of nitrogens with zero attached hydrogens (tertiary/aromatic N) is 3. The van der Waals surface area contributed by atoms with Crippen LogP contribution in [0.1, 0.15) is 18.4 Å². The second-order valence-electron chi connectivity index (χ2n) is 5.05. The monoisotopic (exact) mass is 277 g/mol. The topological polar surface area (TPSA) is 49.2 Å². The molecule has 19 heavy (non-hydrogen) atoms. The van der Waals surface area contributed by atoms with E-state index in [4.69, 9.17) is 11.6 Å². The van der Waals surface area contributed by atoms with E-state index in [1.54, 1.807) is 6.20 Å². The Kier molecular flexibility index (Phi) is 3.64. The number of hydrogen-bond donors (Lipinski definition) is 1. The molecular weight excluding hydrogens is 262 g/mol. The maximum Gasteiger partial charge on any atom is 0.155 e. The van der Waals surface area contributed by atoms with Crippen LogP contribution in [-0.2, 0) is 6.54 Å². The zero-order chi connectivity index (χ0) is 13.2. The first-order valence-electron chi connectivity index (χ1n) is 6.52. The summed E-state index contributed by atoms with van der Waals surface area (Å²) in [5, 5.41) is 11.1. The van der Waals surface area contributed by atoms with Gasteiger partial charge in [-0.2, -0.15) is 0 Å². The Morgan fingerprint density at radius 1 is 1.42 bits per heavy atom. The fraction of sp³-hybridized carbons (Fsp3) is 0.429. The number of β-amino-alcohol motifs (C(OH)–C–C–N with tert-alkyl or cyclic N) is 1. The van der Waals surface area contributed by atoms with Crippen LogP contribution in [0.2, 0.25) is 5.15 Å². The maximum absolute atomic E-state index is 9.68. The van der Waals surface area contributed by atoms with Crippen molar-refractivity contribution in [1.82, 2.24) is 14.9 Å². The third-order valence-corrected chi connectivity index (χ3v) is 3.77. The molecule has 4 nitrogen and oxygen atoms in total. The van der Waals surface area contributed by atoms with Crippen LogP contribution in [0.15, 0.2) is 24.5 Å². The van der Waals surface area contributed by atoms with Crippen LogP contribution >= 0.6 is 11.6 Å². The molecule has 100 valence electrons. The molecule has 0 spiro atoms. The van der Waals surface area contributed by atoms with Crippen LogP contribution in [0.5, 0.6) is 0 Å². The lowest BCUT2D eigenvalue weighted by molar-refractivity contribution is 0.0668. The molecule has 1 unspecified atom stereocenters. The van der Waals surface area contributed by atoms with Gasteiger partial charge < -0.3 is 5.11 Å². The van der Waals surface area contributed by atoms with Crippen molar-refractivity contribution in [1.29, 1.82) is 0 Å². The number of fused-ring (bicyclic) bond motifs is 1. The van der Waals surface area contributed by atoms with Gasteiger partial charge in [-0.1, -0.05) is 11.6 Å². The average molecular weight is 278 g/mol. The molecule has 2 aromatic rings. The number of likely N-dealkylation sites (tertiary alicyclic amines) is 1. The molecule has 3 heterocycles. The molecule has 2 aromatic heterocycles. The number of pyridine rings is 2. The largest absolute Gasteiger partial charge is 0.392 e. The van der Waals surface area contributed by atoms with Crippen LogP contribution < -0.4 is 0 Å². The van der Waals surface area contributed by atoms with E-state index in [2.05, 4.69) is 20.9 Å². The van der Waals surface area contributed by atoms with Gasteiger partial charge in [0.15, 0.2) is 5.15 Å². The second-order valence-corrected chi connectivity index (χ2v) is 5.41. The van der Waals surface area contributed by atoms with Gasteiger partial charge in [0.2, 0.25) is 0 Å². The highest BCUT2D eigenvalue weighted by Crippen LogP contribution is 2.21. The normalized spacial score (nSPS) is 20.8. The maximum atomic E-state index is 9.68. The zero-order valence-electron chi connectivity index (χ0n) is 10.6. The molecule has 0 amide bonds. The van der Waals surface area contributed by atoms with Crippen molar-refractivity contribution in [3.8, 4) is 0 Å². The lowest BCUT2D eigenvalue weighted by atomic mass is 10.1. The number of hydrogen-bond acceptors (Lipinski definition) is 4. The molecule has 0 aromatic carbocycles. The van der Waals surface area contributed by atoms with Crippen LogP contribution in [0.3, 0.4) is 0 Å². The van der Waals surface area contributed by atoms with Crippen molar-refractivity contribution in [3.05, 3.63) is 35.2 Å². The standard InChI is InChI=1S/C14H16ClN3O/c15-14-13-11(3-4-16-14)6-10(7-17-13)8-18-5-1-2-12(19)9-18/h3-4,6-7,12,19H,1-2,5,8-9H2. The molecule has 1 atom stereocenters. The van der Waals surface area contributed by atoms with Gasteiger partial charge in [-0.15, -0.1) is 0 Å². The summed E-state index contributed by atoms with van der Waals surface area (Å²) in [7, 11) is 0. The average Bonchev–Trinajstić information content (AvgIpc) is 2.39. The van der Waals surface area contributed by atoms with Crippen LogP contribution in [-0.4, -0.2) is 39.2 Å². The summed E-state index contributed by atoms with van der Waals surface area (Å²) in [5.41, 5.74) is 1.88. The van der Waals surface area contributed by atoms with E-state index in [9.17, 15) is 5.11 Å². The lowest BCUT2D eigenvalue weighted by Crippen LogP contribution is -2.37. The number of rotatable bonds is 2. The number of halogens is 1. The predicted molar refractivity (Wildman–Crippen MR) is 75.1 cm³/mol. The third kappa shape index (κ3) is 2.86. The third-order valence-electron chi connectivity index (χ3n) is 3.50. The fourth-order valence-corrected chi connectivity index (χ4v) is 2.80. The predicted octanol–water partition coefficient (Wildman–Crippen LogP) is 2.24. The highest BCUT2D eigenvalue weighted by atomic mass is 35.5. The summed E-state index contributed by atoms with van der Waals surface area (Å²) in [6.07, 6.45) is 5.31. The highest BCUT2D eigenvalue weighted by Gasteiger charge is 2.17. The minimum atomic E-state index is -0.194. The summed E-state index contributed by atoms with van der Waals surface area (Å²) in [4.78, 5) is 10.7. The summed E-state index contributed by atoms with van der Waals surface area (Å²) < 4.78 is 0. The molecule has 0 radical (unpaired) electrons. The first kappa shape index (κ1) is 12.8. The molecule has 1 N–H and O–H groups in total. The Bertz CT molecular complexity index is 590. The second kappa shape index (κ2) is 5.41. The smallest absolute Gasteiger partial charge is 0.155 e. The molecule has 0 bridgehead atoms. The Morgan fingerprint density at radius 2 is 2.32 bits per heavy atom. The Labute approximate surface area is 117 Å². The van der Waals surface area contributed by atoms with Crippen LogP contribution in [0.25, 0.3) is 10.9 Å². The van der Waals surface area contributed by atoms with E-state index >= 15 is 0 Å². The molecular formula is C14H16ClN3O. The van der Waals surface area contributed by atoms with Crippen molar-refractivity contribution in [2.45, 2.75) is 25.5 Å². The van der Waals surface area contributed by atoms with Gasteiger partial charge in [0, 0.05) is 30.9 Å². The molecule has 0 saturated carbocycles. The molecule has 1 aliphatic rings. The van der Waals surface area contributed by atoms with Gasteiger partial charge >= 0.3 is 0 Å². The van der Waals surface area contributed by atoms with Crippen molar-refractivity contribution >= 4 is 22.5 Å². The van der Waals surface area contributed by atoms with Gasteiger partial charge in [-0.05, 0) is 37.1 Å². The minimum Gasteiger partial charge on any atom is -0.392 e. The van der Waals surface area contributed by atoms with E-state index < -0.39 is 0 Å². The molecule has 3 rings (SSSR count). The highest BCUT2D eigenvalue weighted by molar-refractivity contribution is 6.33. The quantitative estimate of drug-likeness (QED) is 0.856. The van der Waals surface area contributed by atoms with Crippen molar-refractivity contribution in [3.63, 3.8) is 0 Å². The number of aliphatic hydroxyl groups is 1. The van der Waals surface area contributed by atoms with E-state index in [0.717, 1.165) is 48.9 Å². The van der Waals surface area contributed by atoms with Gasteiger partial charge in [0.25, 0.3) is 0 Å². The minimum absolute atomic E-state index is 0.194. The summed E-state index contributed by atoms with van der Waals surface area (Å²) in [5.74, 6) is 0. The molecule has 1 aliphatic heterocycles. The summed E-state index contributed by atoms with van der Waals surface area (Å²) in [6, 6.07) is 4.01. The molecule has 5 heteroatoms. The first-order chi connectivity index (χ1) is 9.22. The number of piperidine rings is 1. The summed E-state index contributed by atoms with van der Waals surface area (Å²) >= 11 is 6.00. The van der Waals surface area contributed by atoms with Gasteiger partial charge in [-0.3, -0.25) is 9.88 Å². The van der Waals surface area contributed by atoms with Crippen molar-refractivity contribution < 1.29 is 5.11 Å². The van der Waals surface area contributed by atoms with Crippen LogP contribution in [0, 0.1) is 0 Å². The first-order valence-corrected chi connectivity index (χ1v) is 6.90. The van der Waals surface area contributed by atoms with E-state index in [1.165, 1.54) is 0 Å². The zero-order valence-corrected chi connectivity index (χ0v) is 11.3. The Balaban J connectivity index is 1.81. The van der Waals surface area contributed by atoms with E-state index in [-0.39, 0.29) is 6.10 Å².